The summed E-state index contributed by atoms with van der Waals surface area (Å²) in [5.74, 6) is -0.322. The van der Waals surface area contributed by atoms with E-state index in [1.165, 1.54) is 12.1 Å². The summed E-state index contributed by atoms with van der Waals surface area (Å²) in [6, 6.07) is 8.97. The zero-order valence-electron chi connectivity index (χ0n) is 12.9. The topological polar surface area (TPSA) is 57.2 Å². The minimum absolute atomic E-state index is 0.104. The second-order valence-corrected chi connectivity index (χ2v) is 5.26. The van der Waals surface area contributed by atoms with Gasteiger partial charge in [0.2, 0.25) is 0 Å². The number of hydrogen-bond acceptors (Lipinski definition) is 3. The highest BCUT2D eigenvalue weighted by Gasteiger charge is 2.15. The molecule has 1 aromatic heterocycles. The average molecular weight is 304 g/mol. The van der Waals surface area contributed by atoms with Gasteiger partial charge in [-0.2, -0.15) is 0 Å². The van der Waals surface area contributed by atoms with Crippen molar-refractivity contribution in [2.24, 2.45) is 5.73 Å². The zero-order chi connectivity index (χ0) is 16.1. The Balaban J connectivity index is 2.33. The summed E-state index contributed by atoms with van der Waals surface area (Å²) >= 11 is 0. The fraction of sp³-hybridized carbons (Fsp3) is 0.353. The Morgan fingerprint density at radius 3 is 2.55 bits per heavy atom. The minimum atomic E-state index is -0.567. The fourth-order valence-corrected chi connectivity index (χ4v) is 2.42. The van der Waals surface area contributed by atoms with E-state index < -0.39 is 6.04 Å². The van der Waals surface area contributed by atoms with Crippen LogP contribution in [0.1, 0.15) is 29.3 Å². The molecule has 0 fully saturated rings. The number of methoxy groups -OCH3 is 1. The van der Waals surface area contributed by atoms with Crippen LogP contribution >= 0.6 is 0 Å². The second kappa shape index (κ2) is 7.33. The molecular formula is C17H21FN2O2. The Bertz CT molecular complexity index is 680. The molecule has 2 N–H and O–H groups in total. The number of rotatable bonds is 6. The van der Waals surface area contributed by atoms with Crippen molar-refractivity contribution in [3.05, 3.63) is 69.4 Å². The number of halogens is 1. The summed E-state index contributed by atoms with van der Waals surface area (Å²) in [4.78, 5) is 12.6. The highest BCUT2D eigenvalue weighted by Crippen LogP contribution is 2.17. The molecule has 118 valence electrons. The Morgan fingerprint density at radius 2 is 1.91 bits per heavy atom. The average Bonchev–Trinajstić information content (AvgIpc) is 2.51. The van der Waals surface area contributed by atoms with Gasteiger partial charge in [0.05, 0.1) is 6.04 Å². The molecule has 1 heterocycles. The lowest BCUT2D eigenvalue weighted by Gasteiger charge is -2.16. The lowest BCUT2D eigenvalue weighted by atomic mass is 10.0. The molecule has 1 aromatic carbocycles. The summed E-state index contributed by atoms with van der Waals surface area (Å²) in [6.45, 7) is 3.07. The molecule has 0 spiro atoms. The van der Waals surface area contributed by atoms with Crippen molar-refractivity contribution < 1.29 is 9.13 Å². The van der Waals surface area contributed by atoms with Gasteiger partial charge in [-0.05, 0) is 43.2 Å². The molecule has 4 nitrogen and oxygen atoms in total. The van der Waals surface area contributed by atoms with E-state index in [4.69, 9.17) is 10.5 Å². The van der Waals surface area contributed by atoms with Crippen LogP contribution in [0.2, 0.25) is 0 Å². The van der Waals surface area contributed by atoms with Crippen LogP contribution in [0.3, 0.4) is 0 Å². The molecule has 0 aliphatic carbocycles. The predicted molar refractivity (Wildman–Crippen MR) is 84.4 cm³/mol. The molecular weight excluding hydrogens is 283 g/mol. The van der Waals surface area contributed by atoms with E-state index in [-0.39, 0.29) is 11.4 Å². The SMILES string of the molecule is COCCCn1c(C)ccc(C(N)c2ccc(F)cc2)c1=O. The van der Waals surface area contributed by atoms with Crippen LogP contribution in [-0.4, -0.2) is 18.3 Å². The molecule has 5 heteroatoms. The van der Waals surface area contributed by atoms with Crippen LogP contribution in [0.25, 0.3) is 0 Å². The maximum absolute atomic E-state index is 13.0. The molecule has 0 amide bonds. The van der Waals surface area contributed by atoms with Gasteiger partial charge in [0.15, 0.2) is 0 Å². The van der Waals surface area contributed by atoms with Crippen LogP contribution in [0.15, 0.2) is 41.2 Å². The first-order valence-electron chi connectivity index (χ1n) is 7.25. The van der Waals surface area contributed by atoms with Crippen molar-refractivity contribution in [3.8, 4) is 0 Å². The highest BCUT2D eigenvalue weighted by atomic mass is 19.1. The van der Waals surface area contributed by atoms with Gasteiger partial charge in [0, 0.05) is 31.5 Å². The Hall–Kier alpha value is -1.98. The van der Waals surface area contributed by atoms with E-state index in [0.717, 1.165) is 12.1 Å². The third-order valence-electron chi connectivity index (χ3n) is 3.72. The number of pyridine rings is 1. The Labute approximate surface area is 129 Å². The van der Waals surface area contributed by atoms with E-state index in [1.807, 2.05) is 13.0 Å². The van der Waals surface area contributed by atoms with Crippen LogP contribution in [0.5, 0.6) is 0 Å². The van der Waals surface area contributed by atoms with Gasteiger partial charge in [0.25, 0.3) is 5.56 Å². The summed E-state index contributed by atoms with van der Waals surface area (Å²) in [6.07, 6.45) is 0.756. The van der Waals surface area contributed by atoms with Gasteiger partial charge in [-0.15, -0.1) is 0 Å². The van der Waals surface area contributed by atoms with Crippen molar-refractivity contribution in [1.82, 2.24) is 4.57 Å². The van der Waals surface area contributed by atoms with E-state index in [9.17, 15) is 9.18 Å². The molecule has 2 rings (SSSR count). The monoisotopic (exact) mass is 304 g/mol. The van der Waals surface area contributed by atoms with Gasteiger partial charge in [0.1, 0.15) is 5.82 Å². The molecule has 0 saturated carbocycles. The third kappa shape index (κ3) is 3.61. The maximum atomic E-state index is 13.0. The molecule has 0 bridgehead atoms. The summed E-state index contributed by atoms with van der Waals surface area (Å²) < 4.78 is 19.7. The first-order valence-corrected chi connectivity index (χ1v) is 7.25. The van der Waals surface area contributed by atoms with Crippen molar-refractivity contribution in [2.45, 2.75) is 25.9 Å². The molecule has 22 heavy (non-hydrogen) atoms. The number of benzene rings is 1. The summed E-state index contributed by atoms with van der Waals surface area (Å²) in [7, 11) is 1.64. The minimum Gasteiger partial charge on any atom is -0.385 e. The van der Waals surface area contributed by atoms with Gasteiger partial charge >= 0.3 is 0 Å². The lowest BCUT2D eigenvalue weighted by Crippen LogP contribution is -2.30. The first-order chi connectivity index (χ1) is 10.5. The number of aryl methyl sites for hydroxylation is 1. The normalized spacial score (nSPS) is 12.4. The predicted octanol–water partition coefficient (Wildman–Crippen LogP) is 2.38. The van der Waals surface area contributed by atoms with E-state index in [1.54, 1.807) is 29.9 Å². The molecule has 0 aliphatic rings. The number of ether oxygens (including phenoxy) is 1. The van der Waals surface area contributed by atoms with E-state index in [2.05, 4.69) is 0 Å². The van der Waals surface area contributed by atoms with E-state index in [0.29, 0.717) is 24.3 Å². The second-order valence-electron chi connectivity index (χ2n) is 5.26. The number of aromatic nitrogens is 1. The molecule has 0 aliphatic heterocycles. The zero-order valence-corrected chi connectivity index (χ0v) is 12.9. The lowest BCUT2D eigenvalue weighted by molar-refractivity contribution is 0.189. The van der Waals surface area contributed by atoms with Gasteiger partial charge in [-0.3, -0.25) is 4.79 Å². The van der Waals surface area contributed by atoms with Crippen LogP contribution in [-0.2, 0) is 11.3 Å². The first kappa shape index (κ1) is 16.4. The van der Waals surface area contributed by atoms with Gasteiger partial charge in [-0.1, -0.05) is 12.1 Å². The van der Waals surface area contributed by atoms with Crippen molar-refractivity contribution >= 4 is 0 Å². The smallest absolute Gasteiger partial charge is 0.255 e. The van der Waals surface area contributed by atoms with Crippen LogP contribution in [0.4, 0.5) is 4.39 Å². The molecule has 1 unspecified atom stereocenters. The van der Waals surface area contributed by atoms with Crippen molar-refractivity contribution in [1.29, 1.82) is 0 Å². The van der Waals surface area contributed by atoms with E-state index >= 15 is 0 Å². The van der Waals surface area contributed by atoms with Gasteiger partial charge in [-0.25, -0.2) is 4.39 Å². The molecule has 0 radical (unpaired) electrons. The van der Waals surface area contributed by atoms with Gasteiger partial charge < -0.3 is 15.0 Å². The quantitative estimate of drug-likeness (QED) is 0.834. The maximum Gasteiger partial charge on any atom is 0.255 e. The summed E-state index contributed by atoms with van der Waals surface area (Å²) in [5.41, 5.74) is 8.18. The Morgan fingerprint density at radius 1 is 1.23 bits per heavy atom. The standard InChI is InChI=1S/C17H21FN2O2/c1-12-4-9-15(17(21)20(12)10-3-11-22-2)16(19)13-5-7-14(18)8-6-13/h4-9,16H,3,10-11,19H2,1-2H3. The van der Waals surface area contributed by atoms with Crippen molar-refractivity contribution in [2.75, 3.05) is 13.7 Å². The number of nitrogens with two attached hydrogens (primary N) is 1. The fourth-order valence-electron chi connectivity index (χ4n) is 2.42. The van der Waals surface area contributed by atoms with Crippen LogP contribution < -0.4 is 11.3 Å². The van der Waals surface area contributed by atoms with Crippen molar-refractivity contribution in [3.63, 3.8) is 0 Å². The highest BCUT2D eigenvalue weighted by molar-refractivity contribution is 5.31. The molecule has 1 atom stereocenters. The largest absolute Gasteiger partial charge is 0.385 e. The third-order valence-corrected chi connectivity index (χ3v) is 3.72. The summed E-state index contributed by atoms with van der Waals surface area (Å²) in [5, 5.41) is 0. The molecule has 0 saturated heterocycles. The van der Waals surface area contributed by atoms with Crippen LogP contribution in [0, 0.1) is 12.7 Å². The Kier molecular flexibility index (Phi) is 5.46. The molecule has 2 aromatic rings. The number of nitrogens with zero attached hydrogens (tertiary/aromatic N) is 1. The number of hydrogen-bond donors (Lipinski definition) is 1.